The van der Waals surface area contributed by atoms with Gasteiger partial charge in [-0.2, -0.15) is 13.2 Å². The smallest absolute Gasteiger partial charge is 0.383 e. The number of sulfonamides is 1. The maximum absolute atomic E-state index is 12.6. The Morgan fingerprint density at radius 2 is 1.78 bits per heavy atom. The van der Waals surface area contributed by atoms with Crippen molar-refractivity contribution in [2.45, 2.75) is 30.8 Å². The van der Waals surface area contributed by atoms with E-state index in [1.54, 1.807) is 12.1 Å². The highest BCUT2D eigenvalue weighted by Gasteiger charge is 2.57. The third kappa shape index (κ3) is 4.08. The second-order valence-electron chi connectivity index (χ2n) is 7.33. The summed E-state index contributed by atoms with van der Waals surface area (Å²) in [6, 6.07) is 8.80. The number of hydrogen-bond donors (Lipinski definition) is 2. The average Bonchev–Trinajstić information content (AvgIpc) is 3.12. The van der Waals surface area contributed by atoms with Crippen LogP contribution in [-0.4, -0.2) is 19.9 Å². The van der Waals surface area contributed by atoms with E-state index in [4.69, 9.17) is 5.14 Å². The molecule has 1 aromatic heterocycles. The summed E-state index contributed by atoms with van der Waals surface area (Å²) in [5.41, 5.74) is 0.585. The van der Waals surface area contributed by atoms with Gasteiger partial charge in [0.2, 0.25) is 10.0 Å². The van der Waals surface area contributed by atoms with Crippen molar-refractivity contribution in [1.29, 1.82) is 0 Å². The number of alkyl halides is 3. The molecular formula is C18H20F3N3O2S. The van der Waals surface area contributed by atoms with Crippen LogP contribution < -0.4 is 10.5 Å². The van der Waals surface area contributed by atoms with E-state index in [0.29, 0.717) is 12.2 Å². The van der Waals surface area contributed by atoms with E-state index >= 15 is 0 Å². The van der Waals surface area contributed by atoms with Gasteiger partial charge in [-0.25, -0.2) is 18.5 Å². The van der Waals surface area contributed by atoms with Crippen LogP contribution in [-0.2, 0) is 16.2 Å². The molecule has 1 heterocycles. The Balaban J connectivity index is 1.66. The molecule has 1 aliphatic carbocycles. The Hall–Kier alpha value is -2.13. The number of aromatic nitrogens is 1. The summed E-state index contributed by atoms with van der Waals surface area (Å²) in [6.45, 7) is 4.77. The van der Waals surface area contributed by atoms with E-state index in [1.807, 2.05) is 0 Å². The highest BCUT2D eigenvalue weighted by molar-refractivity contribution is 7.89. The van der Waals surface area contributed by atoms with Gasteiger partial charge in [-0.3, -0.25) is 0 Å². The first kappa shape index (κ1) is 19.6. The van der Waals surface area contributed by atoms with Gasteiger partial charge in [-0.05, 0) is 47.1 Å². The van der Waals surface area contributed by atoms with Crippen molar-refractivity contribution in [1.82, 2.24) is 4.98 Å². The number of rotatable bonds is 5. The fourth-order valence-corrected chi connectivity index (χ4v) is 4.06. The lowest BCUT2D eigenvalue weighted by molar-refractivity contribution is -0.141. The Morgan fingerprint density at radius 3 is 2.26 bits per heavy atom. The molecule has 3 N–H and O–H groups in total. The Labute approximate surface area is 155 Å². The molecule has 0 aliphatic heterocycles. The molecule has 1 fully saturated rings. The minimum absolute atomic E-state index is 0.0184. The number of primary sulfonamides is 1. The van der Waals surface area contributed by atoms with Crippen LogP contribution in [0.15, 0.2) is 47.5 Å². The van der Waals surface area contributed by atoms with Crippen molar-refractivity contribution in [2.24, 2.45) is 16.5 Å². The van der Waals surface area contributed by atoms with Crippen LogP contribution in [0, 0.1) is 11.3 Å². The summed E-state index contributed by atoms with van der Waals surface area (Å²) in [7, 11) is -3.73. The zero-order chi connectivity index (χ0) is 20.0. The number of nitrogens with one attached hydrogen (secondary N) is 1. The van der Waals surface area contributed by atoms with Crippen LogP contribution in [0.25, 0.3) is 0 Å². The zero-order valence-electron chi connectivity index (χ0n) is 14.8. The number of pyridine rings is 1. The number of nitrogens with zero attached hydrogens (tertiary/aromatic N) is 1. The lowest BCUT2D eigenvalue weighted by Crippen LogP contribution is -2.12. The monoisotopic (exact) mass is 399 g/mol. The predicted octanol–water partition coefficient (Wildman–Crippen LogP) is 3.60. The van der Waals surface area contributed by atoms with Gasteiger partial charge in [-0.15, -0.1) is 0 Å². The molecule has 9 heteroatoms. The number of nitrogens with two attached hydrogens (primary N) is 1. The summed E-state index contributed by atoms with van der Waals surface area (Å²) in [5, 5.41) is 8.25. The van der Waals surface area contributed by atoms with Gasteiger partial charge in [0, 0.05) is 6.54 Å². The van der Waals surface area contributed by atoms with E-state index in [0.717, 1.165) is 11.6 Å². The lowest BCUT2D eigenvalue weighted by Gasteiger charge is -2.09. The van der Waals surface area contributed by atoms with Gasteiger partial charge < -0.3 is 5.32 Å². The number of hydrogen-bond acceptors (Lipinski definition) is 4. The van der Waals surface area contributed by atoms with Crippen molar-refractivity contribution in [3.8, 4) is 0 Å². The standard InChI is InChI=1S/C18H20F3N3O2S/c1-17(2)14(10-23-12-5-8-15(24-9-12)18(19,20)21)16(17)11-3-6-13(7-4-11)27(22,25)26/h3-9,14,16,23H,10H2,1-2H3,(H2,22,25,26). The van der Waals surface area contributed by atoms with Crippen LogP contribution in [0.2, 0.25) is 0 Å². The molecule has 0 radical (unpaired) electrons. The molecule has 1 aliphatic rings. The molecule has 2 aromatic rings. The van der Waals surface area contributed by atoms with E-state index < -0.39 is 21.9 Å². The fourth-order valence-electron chi connectivity index (χ4n) is 3.55. The molecule has 3 rings (SSSR count). The molecule has 146 valence electrons. The van der Waals surface area contributed by atoms with Crippen molar-refractivity contribution < 1.29 is 21.6 Å². The van der Waals surface area contributed by atoms with Gasteiger partial charge in [0.25, 0.3) is 0 Å². The molecular weight excluding hydrogens is 379 g/mol. The highest BCUT2D eigenvalue weighted by Crippen LogP contribution is 2.64. The normalized spacial score (nSPS) is 21.7. The van der Waals surface area contributed by atoms with E-state index in [2.05, 4.69) is 24.1 Å². The van der Waals surface area contributed by atoms with Crippen LogP contribution in [0.3, 0.4) is 0 Å². The van der Waals surface area contributed by atoms with E-state index in [-0.39, 0.29) is 22.1 Å². The quantitative estimate of drug-likeness (QED) is 0.805. The number of benzene rings is 1. The van der Waals surface area contributed by atoms with Crippen molar-refractivity contribution in [2.75, 3.05) is 11.9 Å². The maximum atomic E-state index is 12.6. The summed E-state index contributed by atoms with van der Waals surface area (Å²) >= 11 is 0. The molecule has 0 amide bonds. The second-order valence-corrected chi connectivity index (χ2v) is 8.89. The third-order valence-electron chi connectivity index (χ3n) is 5.20. The maximum Gasteiger partial charge on any atom is 0.433 e. The molecule has 0 spiro atoms. The highest BCUT2D eigenvalue weighted by atomic mass is 32.2. The van der Waals surface area contributed by atoms with Crippen LogP contribution in [0.1, 0.15) is 31.0 Å². The first-order chi connectivity index (χ1) is 12.4. The molecule has 0 saturated heterocycles. The predicted molar refractivity (Wildman–Crippen MR) is 95.6 cm³/mol. The summed E-state index contributed by atoms with van der Waals surface area (Å²) in [5.74, 6) is 0.460. The largest absolute Gasteiger partial charge is 0.433 e. The Morgan fingerprint density at radius 1 is 1.15 bits per heavy atom. The fraction of sp³-hybridized carbons (Fsp3) is 0.389. The van der Waals surface area contributed by atoms with Crippen LogP contribution in [0.5, 0.6) is 0 Å². The molecule has 27 heavy (non-hydrogen) atoms. The second kappa shape index (κ2) is 6.49. The summed E-state index contributed by atoms with van der Waals surface area (Å²) in [6.07, 6.45) is -3.28. The zero-order valence-corrected chi connectivity index (χ0v) is 15.6. The van der Waals surface area contributed by atoms with Crippen molar-refractivity contribution >= 4 is 15.7 Å². The summed E-state index contributed by atoms with van der Waals surface area (Å²) in [4.78, 5) is 3.50. The van der Waals surface area contributed by atoms with E-state index in [9.17, 15) is 21.6 Å². The lowest BCUT2D eigenvalue weighted by atomic mass is 10.0. The van der Waals surface area contributed by atoms with Gasteiger partial charge in [0.05, 0.1) is 16.8 Å². The Bertz CT molecular complexity index is 924. The average molecular weight is 399 g/mol. The minimum atomic E-state index is -4.45. The molecule has 1 saturated carbocycles. The molecule has 1 aromatic carbocycles. The third-order valence-corrected chi connectivity index (χ3v) is 6.13. The van der Waals surface area contributed by atoms with Crippen molar-refractivity contribution in [3.05, 3.63) is 53.9 Å². The van der Waals surface area contributed by atoms with Gasteiger partial charge in [0.1, 0.15) is 5.69 Å². The number of halogens is 3. The van der Waals surface area contributed by atoms with Gasteiger partial charge >= 0.3 is 6.18 Å². The summed E-state index contributed by atoms with van der Waals surface area (Å²) < 4.78 is 60.4. The van der Waals surface area contributed by atoms with Gasteiger partial charge in [-0.1, -0.05) is 26.0 Å². The molecule has 0 bridgehead atoms. The van der Waals surface area contributed by atoms with E-state index in [1.165, 1.54) is 24.4 Å². The molecule has 2 atom stereocenters. The van der Waals surface area contributed by atoms with Gasteiger partial charge in [0.15, 0.2) is 0 Å². The molecule has 2 unspecified atom stereocenters. The first-order valence-electron chi connectivity index (χ1n) is 8.30. The first-order valence-corrected chi connectivity index (χ1v) is 9.85. The molecule has 5 nitrogen and oxygen atoms in total. The topological polar surface area (TPSA) is 85.1 Å². The van der Waals surface area contributed by atoms with Crippen LogP contribution in [0.4, 0.5) is 18.9 Å². The number of anilines is 1. The van der Waals surface area contributed by atoms with Crippen LogP contribution >= 0.6 is 0 Å². The minimum Gasteiger partial charge on any atom is -0.383 e. The van der Waals surface area contributed by atoms with Crippen molar-refractivity contribution in [3.63, 3.8) is 0 Å². The Kier molecular flexibility index (Phi) is 4.72. The SMILES string of the molecule is CC1(C)C(CNc2ccc(C(F)(F)F)nc2)C1c1ccc(S(N)(=O)=O)cc1.